The third-order valence-electron chi connectivity index (χ3n) is 5.20. The van der Waals surface area contributed by atoms with Crippen LogP contribution in [0.1, 0.15) is 12.0 Å². The van der Waals surface area contributed by atoms with Crippen LogP contribution in [-0.4, -0.2) is 48.8 Å². The molecule has 0 amide bonds. The lowest BCUT2D eigenvalue weighted by Gasteiger charge is -2.22. The maximum atomic E-state index is 14.1. The zero-order chi connectivity index (χ0) is 20.4. The van der Waals surface area contributed by atoms with Crippen LogP contribution in [0.2, 0.25) is 5.02 Å². The van der Waals surface area contributed by atoms with Crippen LogP contribution in [-0.2, 0) is 16.6 Å². The minimum atomic E-state index is -3.68. The second-order valence-corrected chi connectivity index (χ2v) is 9.38. The Labute approximate surface area is 174 Å². The van der Waals surface area contributed by atoms with Gasteiger partial charge in [-0.3, -0.25) is 9.88 Å². The van der Waals surface area contributed by atoms with Crippen LogP contribution >= 0.6 is 11.6 Å². The van der Waals surface area contributed by atoms with Crippen LogP contribution in [0, 0.1) is 5.82 Å². The fourth-order valence-electron chi connectivity index (χ4n) is 3.68. The molecule has 1 aliphatic rings. The lowest BCUT2D eigenvalue weighted by molar-refractivity contribution is 0.275. The number of sulfonamides is 1. The van der Waals surface area contributed by atoms with E-state index in [1.54, 1.807) is 36.5 Å². The van der Waals surface area contributed by atoms with E-state index in [9.17, 15) is 12.8 Å². The number of para-hydroxylation sites is 1. The van der Waals surface area contributed by atoms with Crippen molar-refractivity contribution in [2.24, 2.45) is 0 Å². The molecular weight excluding hydrogens is 413 g/mol. The van der Waals surface area contributed by atoms with Gasteiger partial charge >= 0.3 is 0 Å². The summed E-state index contributed by atoms with van der Waals surface area (Å²) < 4.78 is 42.2. The molecule has 1 saturated heterocycles. The molecule has 0 aliphatic carbocycles. The standard InChI is InChI=1S/C21H21ClFN3O2S/c22-18-7-2-8-19(23)17(18)15-25-11-4-12-26(14-13-25)29(27,28)20-9-1-5-16-6-3-10-24-21(16)20/h1-3,5-10H,4,11-15H2. The molecule has 29 heavy (non-hydrogen) atoms. The molecule has 0 bridgehead atoms. The zero-order valence-corrected chi connectivity index (χ0v) is 17.3. The maximum absolute atomic E-state index is 14.1. The van der Waals surface area contributed by atoms with Gasteiger partial charge in [-0.1, -0.05) is 35.9 Å². The van der Waals surface area contributed by atoms with E-state index in [1.165, 1.54) is 10.4 Å². The summed E-state index contributed by atoms with van der Waals surface area (Å²) in [5.74, 6) is -0.340. The van der Waals surface area contributed by atoms with Gasteiger partial charge < -0.3 is 0 Å². The lowest BCUT2D eigenvalue weighted by Crippen LogP contribution is -2.35. The topological polar surface area (TPSA) is 53.5 Å². The Morgan fingerprint density at radius 2 is 1.79 bits per heavy atom. The molecule has 1 aliphatic heterocycles. The van der Waals surface area contributed by atoms with Crippen LogP contribution < -0.4 is 0 Å². The average molecular weight is 434 g/mol. The van der Waals surface area contributed by atoms with Gasteiger partial charge in [0.25, 0.3) is 0 Å². The van der Waals surface area contributed by atoms with Crippen molar-refractivity contribution in [3.05, 3.63) is 71.1 Å². The second-order valence-electron chi connectivity index (χ2n) is 7.07. The number of hydrogen-bond donors (Lipinski definition) is 0. The molecule has 1 aromatic heterocycles. The summed E-state index contributed by atoms with van der Waals surface area (Å²) in [6.07, 6.45) is 2.26. The number of rotatable bonds is 4. The molecule has 0 radical (unpaired) electrons. The van der Waals surface area contributed by atoms with Gasteiger partial charge in [-0.2, -0.15) is 4.31 Å². The highest BCUT2D eigenvalue weighted by atomic mass is 35.5. The predicted octanol–water partition coefficient (Wildman–Crippen LogP) is 3.92. The first-order valence-corrected chi connectivity index (χ1v) is 11.3. The summed E-state index contributed by atoms with van der Waals surface area (Å²) in [6.45, 7) is 2.27. The molecule has 1 fully saturated rings. The number of aromatic nitrogens is 1. The SMILES string of the molecule is O=S(=O)(c1cccc2cccnc12)N1CCCN(Cc2c(F)cccc2Cl)CC1. The quantitative estimate of drug-likeness (QED) is 0.625. The molecule has 0 spiro atoms. The fourth-order valence-corrected chi connectivity index (χ4v) is 5.53. The largest absolute Gasteiger partial charge is 0.298 e. The van der Waals surface area contributed by atoms with Gasteiger partial charge in [0.1, 0.15) is 10.7 Å². The Bertz CT molecular complexity index is 1110. The third kappa shape index (κ3) is 4.14. The summed E-state index contributed by atoms with van der Waals surface area (Å²) in [4.78, 5) is 6.55. The lowest BCUT2D eigenvalue weighted by atomic mass is 10.2. The normalized spacial score (nSPS) is 16.8. The van der Waals surface area contributed by atoms with Gasteiger partial charge in [0, 0.05) is 48.3 Å². The van der Waals surface area contributed by atoms with Gasteiger partial charge in [-0.15, -0.1) is 0 Å². The fraction of sp³-hybridized carbons (Fsp3) is 0.286. The molecule has 3 aromatic rings. The smallest absolute Gasteiger partial charge is 0.245 e. The summed E-state index contributed by atoms with van der Waals surface area (Å²) >= 11 is 6.15. The molecule has 0 unspecified atom stereocenters. The van der Waals surface area contributed by atoms with Gasteiger partial charge in [0.05, 0.1) is 5.52 Å². The number of fused-ring (bicyclic) bond motifs is 1. The van der Waals surface area contributed by atoms with Crippen molar-refractivity contribution in [3.8, 4) is 0 Å². The van der Waals surface area contributed by atoms with Crippen molar-refractivity contribution in [1.82, 2.24) is 14.2 Å². The zero-order valence-electron chi connectivity index (χ0n) is 15.8. The van der Waals surface area contributed by atoms with Crippen molar-refractivity contribution in [3.63, 3.8) is 0 Å². The number of hydrogen-bond acceptors (Lipinski definition) is 4. The van der Waals surface area contributed by atoms with Crippen molar-refractivity contribution in [1.29, 1.82) is 0 Å². The molecule has 2 heterocycles. The second kappa shape index (κ2) is 8.36. The maximum Gasteiger partial charge on any atom is 0.245 e. The molecule has 8 heteroatoms. The van der Waals surface area contributed by atoms with Crippen LogP contribution in [0.3, 0.4) is 0 Å². The molecule has 0 atom stereocenters. The molecule has 152 valence electrons. The molecular formula is C21H21ClFN3O2S. The monoisotopic (exact) mass is 433 g/mol. The van der Waals surface area contributed by atoms with E-state index in [2.05, 4.69) is 4.98 Å². The summed E-state index contributed by atoms with van der Waals surface area (Å²) in [5, 5.41) is 1.18. The number of halogens is 2. The minimum absolute atomic E-state index is 0.223. The molecule has 4 rings (SSSR count). The molecule has 2 aromatic carbocycles. The highest BCUT2D eigenvalue weighted by Gasteiger charge is 2.29. The van der Waals surface area contributed by atoms with Crippen LogP contribution in [0.4, 0.5) is 4.39 Å². The van der Waals surface area contributed by atoms with E-state index in [1.807, 2.05) is 17.0 Å². The van der Waals surface area contributed by atoms with Gasteiger partial charge in [0.2, 0.25) is 10.0 Å². The Hall–Kier alpha value is -2.06. The summed E-state index contributed by atoms with van der Waals surface area (Å²) in [6, 6.07) is 13.5. The van der Waals surface area contributed by atoms with E-state index in [4.69, 9.17) is 11.6 Å². The highest BCUT2D eigenvalue weighted by Crippen LogP contribution is 2.26. The van der Waals surface area contributed by atoms with Crippen molar-refractivity contribution < 1.29 is 12.8 Å². The Balaban J connectivity index is 1.55. The van der Waals surface area contributed by atoms with E-state index >= 15 is 0 Å². The van der Waals surface area contributed by atoms with Crippen molar-refractivity contribution in [2.45, 2.75) is 17.9 Å². The molecule has 0 saturated carbocycles. The molecule has 0 N–H and O–H groups in total. The summed E-state index contributed by atoms with van der Waals surface area (Å²) in [7, 11) is -3.68. The van der Waals surface area contributed by atoms with Crippen LogP contribution in [0.5, 0.6) is 0 Å². The van der Waals surface area contributed by atoms with Crippen LogP contribution in [0.25, 0.3) is 10.9 Å². The highest BCUT2D eigenvalue weighted by molar-refractivity contribution is 7.89. The van der Waals surface area contributed by atoms with Gasteiger partial charge in [-0.05, 0) is 37.2 Å². The first kappa shape index (κ1) is 20.2. The average Bonchev–Trinajstić information content (AvgIpc) is 2.96. The molecule has 5 nitrogen and oxygen atoms in total. The summed E-state index contributed by atoms with van der Waals surface area (Å²) in [5.41, 5.74) is 0.929. The van der Waals surface area contributed by atoms with Gasteiger partial charge in [-0.25, -0.2) is 12.8 Å². The first-order valence-electron chi connectivity index (χ1n) is 9.46. The third-order valence-corrected chi connectivity index (χ3v) is 7.49. The number of pyridine rings is 1. The Morgan fingerprint density at radius 3 is 2.62 bits per heavy atom. The first-order chi connectivity index (χ1) is 14.0. The van der Waals surface area contributed by atoms with E-state index < -0.39 is 10.0 Å². The Morgan fingerprint density at radius 1 is 1.00 bits per heavy atom. The minimum Gasteiger partial charge on any atom is -0.298 e. The van der Waals surface area contributed by atoms with E-state index in [0.717, 1.165) is 5.39 Å². The predicted molar refractivity (Wildman–Crippen MR) is 112 cm³/mol. The number of benzene rings is 2. The van der Waals surface area contributed by atoms with Crippen molar-refractivity contribution in [2.75, 3.05) is 26.2 Å². The van der Waals surface area contributed by atoms with Crippen molar-refractivity contribution >= 4 is 32.5 Å². The van der Waals surface area contributed by atoms with E-state index in [-0.39, 0.29) is 10.7 Å². The number of nitrogens with zero attached hydrogens (tertiary/aromatic N) is 3. The van der Waals surface area contributed by atoms with E-state index in [0.29, 0.717) is 55.2 Å². The van der Waals surface area contributed by atoms with Crippen LogP contribution in [0.15, 0.2) is 59.6 Å². The Kier molecular flexibility index (Phi) is 5.83. The van der Waals surface area contributed by atoms with Gasteiger partial charge in [0.15, 0.2) is 0 Å².